The number of hydrogen-bond donors (Lipinski definition) is 2. The molecule has 1 aromatic rings. The van der Waals surface area contributed by atoms with Crippen molar-refractivity contribution in [1.82, 2.24) is 5.32 Å². The smallest absolute Gasteiger partial charge is 0.221 e. The zero-order valence-electron chi connectivity index (χ0n) is 14.5. The average Bonchev–Trinajstić information content (AvgIpc) is 3.12. The molecule has 0 radical (unpaired) electrons. The van der Waals surface area contributed by atoms with Crippen molar-refractivity contribution >= 4 is 11.6 Å². The molecule has 1 aromatic carbocycles. The Balaban J connectivity index is 1.81. The highest BCUT2D eigenvalue weighted by molar-refractivity contribution is 5.76. The average molecular weight is 338 g/mol. The first-order valence-electron chi connectivity index (χ1n) is 8.10. The van der Waals surface area contributed by atoms with Crippen LogP contribution in [0.3, 0.4) is 0 Å². The maximum atomic E-state index is 11.9. The molecule has 1 atom stereocenters. The molecule has 7 nitrogen and oxygen atoms in total. The number of benzene rings is 1. The molecule has 1 aliphatic heterocycles. The summed E-state index contributed by atoms with van der Waals surface area (Å²) in [6.45, 7) is 1.89. The lowest BCUT2D eigenvalue weighted by Crippen LogP contribution is -2.32. The van der Waals surface area contributed by atoms with Crippen LogP contribution in [0.15, 0.2) is 12.1 Å². The van der Waals surface area contributed by atoms with Gasteiger partial charge in [-0.15, -0.1) is 0 Å². The third-order valence-electron chi connectivity index (χ3n) is 3.90. The zero-order valence-corrected chi connectivity index (χ0v) is 14.5. The highest BCUT2D eigenvalue weighted by atomic mass is 16.5. The second kappa shape index (κ2) is 9.22. The molecule has 0 aromatic heterocycles. The summed E-state index contributed by atoms with van der Waals surface area (Å²) in [5.74, 6) is 1.69. The highest BCUT2D eigenvalue weighted by Crippen LogP contribution is 2.39. The summed E-state index contributed by atoms with van der Waals surface area (Å²) in [7, 11) is 4.70. The van der Waals surface area contributed by atoms with Gasteiger partial charge in [0.15, 0.2) is 11.5 Å². The molecule has 24 heavy (non-hydrogen) atoms. The number of rotatable bonds is 9. The van der Waals surface area contributed by atoms with Gasteiger partial charge in [0.05, 0.1) is 27.4 Å². The Morgan fingerprint density at radius 1 is 1.21 bits per heavy atom. The van der Waals surface area contributed by atoms with Gasteiger partial charge in [-0.05, 0) is 12.8 Å². The fourth-order valence-corrected chi connectivity index (χ4v) is 2.62. The molecule has 0 saturated carbocycles. The lowest BCUT2D eigenvalue weighted by atomic mass is 10.2. The number of carbonyl (C=O) groups is 1. The van der Waals surface area contributed by atoms with E-state index in [1.807, 2.05) is 12.1 Å². The third kappa shape index (κ3) is 4.92. The summed E-state index contributed by atoms with van der Waals surface area (Å²) in [4.78, 5) is 11.9. The number of carbonyl (C=O) groups excluding carboxylic acids is 1. The van der Waals surface area contributed by atoms with Crippen LogP contribution < -0.4 is 24.8 Å². The fourth-order valence-electron chi connectivity index (χ4n) is 2.62. The van der Waals surface area contributed by atoms with E-state index < -0.39 is 0 Å². The maximum absolute atomic E-state index is 11.9. The van der Waals surface area contributed by atoms with Gasteiger partial charge in [0, 0.05) is 43.9 Å². The topological polar surface area (TPSA) is 78.1 Å². The molecule has 1 unspecified atom stereocenters. The summed E-state index contributed by atoms with van der Waals surface area (Å²) in [6.07, 6.45) is 2.63. The first-order valence-corrected chi connectivity index (χ1v) is 8.10. The van der Waals surface area contributed by atoms with Crippen molar-refractivity contribution < 1.29 is 23.7 Å². The maximum Gasteiger partial charge on any atom is 0.221 e. The number of ether oxygens (including phenoxy) is 4. The minimum Gasteiger partial charge on any atom is -0.493 e. The van der Waals surface area contributed by atoms with Crippen LogP contribution in [-0.4, -0.2) is 53.0 Å². The van der Waals surface area contributed by atoms with Crippen LogP contribution >= 0.6 is 0 Å². The van der Waals surface area contributed by atoms with Gasteiger partial charge in [-0.2, -0.15) is 0 Å². The highest BCUT2D eigenvalue weighted by Gasteiger charge is 2.16. The van der Waals surface area contributed by atoms with Crippen molar-refractivity contribution in [2.75, 3.05) is 46.3 Å². The van der Waals surface area contributed by atoms with Crippen molar-refractivity contribution in [2.45, 2.75) is 25.4 Å². The monoisotopic (exact) mass is 338 g/mol. The summed E-state index contributed by atoms with van der Waals surface area (Å²) in [5.41, 5.74) is 0.802. The van der Waals surface area contributed by atoms with Crippen LogP contribution in [-0.2, 0) is 9.53 Å². The Labute approximate surface area is 142 Å². The van der Waals surface area contributed by atoms with Crippen LogP contribution in [0, 0.1) is 0 Å². The summed E-state index contributed by atoms with van der Waals surface area (Å²) in [5, 5.41) is 6.10. The van der Waals surface area contributed by atoms with Crippen molar-refractivity contribution in [2.24, 2.45) is 0 Å². The summed E-state index contributed by atoms with van der Waals surface area (Å²) < 4.78 is 21.4. The molecule has 7 heteroatoms. The lowest BCUT2D eigenvalue weighted by Gasteiger charge is -2.15. The fraction of sp³-hybridized carbons (Fsp3) is 0.588. The van der Waals surface area contributed by atoms with Crippen LogP contribution in [0.2, 0.25) is 0 Å². The van der Waals surface area contributed by atoms with Crippen molar-refractivity contribution in [3.05, 3.63) is 12.1 Å². The molecular formula is C17H26N2O5. The van der Waals surface area contributed by atoms with Crippen LogP contribution in [0.5, 0.6) is 17.2 Å². The molecule has 1 amide bonds. The van der Waals surface area contributed by atoms with Gasteiger partial charge < -0.3 is 29.6 Å². The molecule has 1 fully saturated rings. The molecule has 0 spiro atoms. The molecule has 1 aliphatic rings. The Hall–Kier alpha value is -2.15. The van der Waals surface area contributed by atoms with E-state index in [2.05, 4.69) is 10.6 Å². The van der Waals surface area contributed by atoms with E-state index in [-0.39, 0.29) is 12.0 Å². The standard InChI is InChI=1S/C17H26N2O5/c1-21-14-9-12(10-15(22-2)17(14)23-3)18-7-6-16(20)19-11-13-5-4-8-24-13/h9-10,13,18H,4-8,11H2,1-3H3,(H,19,20). The molecule has 1 saturated heterocycles. The predicted molar refractivity (Wildman–Crippen MR) is 91.2 cm³/mol. The van der Waals surface area contributed by atoms with Gasteiger partial charge in [0.1, 0.15) is 0 Å². The lowest BCUT2D eigenvalue weighted by molar-refractivity contribution is -0.121. The summed E-state index contributed by atoms with van der Waals surface area (Å²) >= 11 is 0. The number of hydrogen-bond acceptors (Lipinski definition) is 6. The van der Waals surface area contributed by atoms with Crippen molar-refractivity contribution in [3.63, 3.8) is 0 Å². The number of anilines is 1. The molecule has 2 N–H and O–H groups in total. The van der Waals surface area contributed by atoms with Gasteiger partial charge in [-0.25, -0.2) is 0 Å². The van der Waals surface area contributed by atoms with Crippen molar-refractivity contribution in [1.29, 1.82) is 0 Å². The summed E-state index contributed by atoms with van der Waals surface area (Å²) in [6, 6.07) is 3.62. The Morgan fingerprint density at radius 3 is 2.46 bits per heavy atom. The van der Waals surface area contributed by atoms with Crippen LogP contribution in [0.4, 0.5) is 5.69 Å². The SMILES string of the molecule is COc1cc(NCCC(=O)NCC2CCCO2)cc(OC)c1OC. The number of methoxy groups -OCH3 is 3. The third-order valence-corrected chi connectivity index (χ3v) is 3.90. The second-order valence-electron chi connectivity index (χ2n) is 5.53. The molecule has 134 valence electrons. The Kier molecular flexibility index (Phi) is 6.99. The minimum atomic E-state index is 0.00504. The van der Waals surface area contributed by atoms with E-state index in [9.17, 15) is 4.79 Å². The van der Waals surface area contributed by atoms with Gasteiger partial charge >= 0.3 is 0 Å². The van der Waals surface area contributed by atoms with E-state index in [0.29, 0.717) is 36.8 Å². The largest absolute Gasteiger partial charge is 0.493 e. The quantitative estimate of drug-likeness (QED) is 0.715. The van der Waals surface area contributed by atoms with Gasteiger partial charge in [-0.3, -0.25) is 4.79 Å². The van der Waals surface area contributed by atoms with Gasteiger partial charge in [0.2, 0.25) is 11.7 Å². The molecular weight excluding hydrogens is 312 g/mol. The molecule has 0 bridgehead atoms. The van der Waals surface area contributed by atoms with E-state index in [1.54, 1.807) is 21.3 Å². The first kappa shape index (κ1) is 18.2. The normalized spacial score (nSPS) is 16.5. The van der Waals surface area contributed by atoms with E-state index >= 15 is 0 Å². The van der Waals surface area contributed by atoms with Crippen LogP contribution in [0.25, 0.3) is 0 Å². The Morgan fingerprint density at radius 2 is 1.92 bits per heavy atom. The second-order valence-corrected chi connectivity index (χ2v) is 5.53. The molecule has 2 rings (SSSR count). The zero-order chi connectivity index (χ0) is 17.4. The minimum absolute atomic E-state index is 0.00504. The van der Waals surface area contributed by atoms with Crippen molar-refractivity contribution in [3.8, 4) is 17.2 Å². The van der Waals surface area contributed by atoms with Gasteiger partial charge in [-0.1, -0.05) is 0 Å². The van der Waals surface area contributed by atoms with E-state index in [4.69, 9.17) is 18.9 Å². The predicted octanol–water partition coefficient (Wildman–Crippen LogP) is 1.81. The van der Waals surface area contributed by atoms with E-state index in [0.717, 1.165) is 25.1 Å². The van der Waals surface area contributed by atoms with Gasteiger partial charge in [0.25, 0.3) is 0 Å². The molecule has 1 heterocycles. The first-order chi connectivity index (χ1) is 11.7. The number of nitrogens with one attached hydrogen (secondary N) is 2. The van der Waals surface area contributed by atoms with Crippen LogP contribution in [0.1, 0.15) is 19.3 Å². The molecule has 0 aliphatic carbocycles. The Bertz CT molecular complexity index is 519. The number of amides is 1. The van der Waals surface area contributed by atoms with E-state index in [1.165, 1.54) is 0 Å².